The van der Waals surface area contributed by atoms with Crippen molar-refractivity contribution in [2.45, 2.75) is 81.7 Å². The summed E-state index contributed by atoms with van der Waals surface area (Å²) in [5, 5.41) is 6.39. The molecule has 24 heavy (non-hydrogen) atoms. The van der Waals surface area contributed by atoms with Crippen LogP contribution in [0.15, 0.2) is 0 Å². The standard InChI is InChI=1S/C18H30S6/c19-12-2-1-3-13(4-12)24-16-6-14(20-8-17-10-22-17)5-15(7-16)21-9-18-11-23-18/h12-19H,1-11H2. The van der Waals surface area contributed by atoms with Crippen molar-refractivity contribution in [3.05, 3.63) is 0 Å². The van der Waals surface area contributed by atoms with Crippen LogP contribution < -0.4 is 0 Å². The van der Waals surface area contributed by atoms with Gasteiger partial charge in [-0.05, 0) is 38.5 Å². The molecule has 0 amide bonds. The zero-order chi connectivity index (χ0) is 16.4. The maximum absolute atomic E-state index is 4.77. The summed E-state index contributed by atoms with van der Waals surface area (Å²) >= 11 is 16.1. The van der Waals surface area contributed by atoms with E-state index >= 15 is 0 Å². The average Bonchev–Trinajstić information content (AvgIpc) is 3.46. The van der Waals surface area contributed by atoms with Crippen LogP contribution >= 0.6 is 71.4 Å². The molecule has 2 saturated heterocycles. The molecular weight excluding hydrogens is 409 g/mol. The molecule has 2 aliphatic heterocycles. The zero-order valence-corrected chi connectivity index (χ0v) is 19.3. The van der Waals surface area contributed by atoms with E-state index in [4.69, 9.17) is 12.6 Å². The lowest BCUT2D eigenvalue weighted by Gasteiger charge is -2.37. The average molecular weight is 439 g/mol. The molecular formula is C18H30S6. The van der Waals surface area contributed by atoms with Gasteiger partial charge in [0.2, 0.25) is 0 Å². The molecule has 6 atom stereocenters. The topological polar surface area (TPSA) is 0 Å². The van der Waals surface area contributed by atoms with E-state index in [-0.39, 0.29) is 0 Å². The number of thioether (sulfide) groups is 5. The summed E-state index contributed by atoms with van der Waals surface area (Å²) in [6.45, 7) is 0. The van der Waals surface area contributed by atoms with Gasteiger partial charge in [-0.3, -0.25) is 0 Å². The molecule has 4 rings (SSSR count). The first kappa shape index (κ1) is 19.4. The van der Waals surface area contributed by atoms with Crippen molar-refractivity contribution in [2.24, 2.45) is 0 Å². The molecule has 0 N–H and O–H groups in total. The molecule has 2 saturated carbocycles. The first-order valence-corrected chi connectivity index (χ1v) is 15.2. The van der Waals surface area contributed by atoms with Crippen LogP contribution in [0.3, 0.4) is 0 Å². The second kappa shape index (κ2) is 9.54. The predicted octanol–water partition coefficient (Wildman–Crippen LogP) is 5.95. The van der Waals surface area contributed by atoms with Crippen molar-refractivity contribution in [2.75, 3.05) is 23.0 Å². The smallest absolute Gasteiger partial charge is 0.0229 e. The molecule has 0 radical (unpaired) electrons. The third-order valence-corrected chi connectivity index (χ3v) is 12.7. The Hall–Kier alpha value is 2.10. The Morgan fingerprint density at radius 3 is 1.88 bits per heavy atom. The maximum atomic E-state index is 4.77. The Morgan fingerprint density at radius 2 is 1.33 bits per heavy atom. The molecule has 0 nitrogen and oxygen atoms in total. The van der Waals surface area contributed by atoms with Crippen molar-refractivity contribution in [3.8, 4) is 0 Å². The minimum atomic E-state index is 0.675. The van der Waals surface area contributed by atoms with Gasteiger partial charge in [0.1, 0.15) is 0 Å². The van der Waals surface area contributed by atoms with Gasteiger partial charge in [-0.25, -0.2) is 0 Å². The van der Waals surface area contributed by atoms with Gasteiger partial charge in [-0.1, -0.05) is 6.42 Å². The van der Waals surface area contributed by atoms with Crippen molar-refractivity contribution < 1.29 is 0 Å². The molecule has 0 spiro atoms. The van der Waals surface area contributed by atoms with Gasteiger partial charge in [0.25, 0.3) is 0 Å². The van der Waals surface area contributed by atoms with E-state index in [0.29, 0.717) is 5.25 Å². The Morgan fingerprint density at radius 1 is 0.750 bits per heavy atom. The normalized spacial score (nSPS) is 45.1. The molecule has 138 valence electrons. The fraction of sp³-hybridized carbons (Fsp3) is 1.00. The molecule has 6 unspecified atom stereocenters. The molecule has 6 heteroatoms. The lowest BCUT2D eigenvalue weighted by atomic mass is 9.98. The highest BCUT2D eigenvalue weighted by Gasteiger charge is 2.35. The van der Waals surface area contributed by atoms with Crippen molar-refractivity contribution in [3.63, 3.8) is 0 Å². The number of rotatable bonds is 8. The zero-order valence-electron chi connectivity index (χ0n) is 14.3. The summed E-state index contributed by atoms with van der Waals surface area (Å²) in [5.41, 5.74) is 0. The molecule has 4 aliphatic rings. The van der Waals surface area contributed by atoms with Crippen molar-refractivity contribution in [1.29, 1.82) is 0 Å². The Kier molecular flexibility index (Phi) is 7.72. The van der Waals surface area contributed by atoms with E-state index in [1.54, 1.807) is 0 Å². The first-order valence-electron chi connectivity index (χ1n) is 9.54. The van der Waals surface area contributed by atoms with E-state index in [2.05, 4.69) is 58.8 Å². The fourth-order valence-corrected chi connectivity index (χ4v) is 11.4. The monoisotopic (exact) mass is 438 g/mol. The highest BCUT2D eigenvalue weighted by Crippen LogP contribution is 2.46. The molecule has 4 fully saturated rings. The van der Waals surface area contributed by atoms with Gasteiger partial charge in [0.15, 0.2) is 0 Å². The second-order valence-corrected chi connectivity index (χ2v) is 15.4. The van der Waals surface area contributed by atoms with Crippen LogP contribution in [-0.2, 0) is 0 Å². The third-order valence-electron chi connectivity index (χ3n) is 5.40. The lowest BCUT2D eigenvalue weighted by molar-refractivity contribution is 0.513. The summed E-state index contributed by atoms with van der Waals surface area (Å²) in [6.07, 6.45) is 10.0. The first-order chi connectivity index (χ1) is 11.7. The van der Waals surface area contributed by atoms with Gasteiger partial charge in [0.05, 0.1) is 0 Å². The predicted molar refractivity (Wildman–Crippen MR) is 125 cm³/mol. The summed E-state index contributed by atoms with van der Waals surface area (Å²) in [5.74, 6) is 5.70. The minimum Gasteiger partial charge on any atom is -0.176 e. The van der Waals surface area contributed by atoms with Gasteiger partial charge >= 0.3 is 0 Å². The van der Waals surface area contributed by atoms with Crippen LogP contribution in [-0.4, -0.2) is 59.8 Å². The SMILES string of the molecule is SC1CCCC(SC2CC(SCC3CS3)CC(SCC3CS3)C2)C1. The van der Waals surface area contributed by atoms with Crippen LogP contribution in [0.25, 0.3) is 0 Å². The summed E-state index contributed by atoms with van der Waals surface area (Å²) in [4.78, 5) is 0. The second-order valence-electron chi connectivity index (χ2n) is 7.73. The molecule has 0 aromatic heterocycles. The largest absolute Gasteiger partial charge is 0.176 e. The summed E-state index contributed by atoms with van der Waals surface area (Å²) in [7, 11) is 0. The van der Waals surface area contributed by atoms with E-state index in [9.17, 15) is 0 Å². The van der Waals surface area contributed by atoms with Gasteiger partial charge in [-0.15, -0.1) is 0 Å². The number of hydrogen-bond acceptors (Lipinski definition) is 6. The maximum Gasteiger partial charge on any atom is 0.0229 e. The van der Waals surface area contributed by atoms with E-state index in [1.807, 2.05) is 0 Å². The van der Waals surface area contributed by atoms with E-state index in [0.717, 1.165) is 31.5 Å². The Bertz CT molecular complexity index is 373. The van der Waals surface area contributed by atoms with Crippen LogP contribution in [0.5, 0.6) is 0 Å². The van der Waals surface area contributed by atoms with Crippen LogP contribution in [0, 0.1) is 0 Å². The third kappa shape index (κ3) is 6.61. The van der Waals surface area contributed by atoms with Crippen molar-refractivity contribution in [1.82, 2.24) is 0 Å². The Labute approximate surface area is 175 Å². The molecule has 0 bridgehead atoms. The molecule has 0 aromatic carbocycles. The van der Waals surface area contributed by atoms with E-state index < -0.39 is 0 Å². The quantitative estimate of drug-likeness (QED) is 0.366. The molecule has 2 aliphatic carbocycles. The minimum absolute atomic E-state index is 0.675. The van der Waals surface area contributed by atoms with Gasteiger partial charge in [0, 0.05) is 59.8 Å². The molecule has 0 aromatic rings. The van der Waals surface area contributed by atoms with Gasteiger partial charge < -0.3 is 0 Å². The summed E-state index contributed by atoms with van der Waals surface area (Å²) < 4.78 is 0. The van der Waals surface area contributed by atoms with Crippen LogP contribution in [0.4, 0.5) is 0 Å². The number of hydrogen-bond donors (Lipinski definition) is 1. The number of thiol groups is 1. The van der Waals surface area contributed by atoms with Gasteiger partial charge in [-0.2, -0.15) is 71.4 Å². The highest BCUT2D eigenvalue weighted by molar-refractivity contribution is 8.09. The van der Waals surface area contributed by atoms with Crippen molar-refractivity contribution >= 4 is 71.4 Å². The van der Waals surface area contributed by atoms with E-state index in [1.165, 1.54) is 68.0 Å². The Balaban J connectivity index is 1.28. The highest BCUT2D eigenvalue weighted by atomic mass is 32.2. The van der Waals surface area contributed by atoms with Crippen LogP contribution in [0.1, 0.15) is 44.9 Å². The lowest BCUT2D eigenvalue weighted by Crippen LogP contribution is -2.31. The van der Waals surface area contributed by atoms with Crippen LogP contribution in [0.2, 0.25) is 0 Å². The fourth-order valence-electron chi connectivity index (χ4n) is 3.88. The summed E-state index contributed by atoms with van der Waals surface area (Å²) in [6, 6.07) is 0. The molecule has 2 heterocycles.